The summed E-state index contributed by atoms with van der Waals surface area (Å²) in [7, 11) is 0. The molecular formula is C17H26F3IN4O. The Hall–Kier alpha value is -1.26. The first-order valence-electron chi connectivity index (χ1n) is 8.36. The lowest BCUT2D eigenvalue weighted by Gasteiger charge is -2.23. The second-order valence-electron chi connectivity index (χ2n) is 6.91. The SMILES string of the molecule is CCNC(=NCc1ccc(OCC(F)(F)F)nc1)N1CCC(C)(C)C1.I. The predicted molar refractivity (Wildman–Crippen MR) is 106 cm³/mol. The minimum absolute atomic E-state index is 0. The number of nitrogens with zero attached hydrogens (tertiary/aromatic N) is 3. The molecule has 2 rings (SSSR count). The van der Waals surface area contributed by atoms with Gasteiger partial charge in [0.25, 0.3) is 0 Å². The topological polar surface area (TPSA) is 49.8 Å². The summed E-state index contributed by atoms with van der Waals surface area (Å²) >= 11 is 0. The minimum atomic E-state index is -4.37. The van der Waals surface area contributed by atoms with Gasteiger partial charge in [0.1, 0.15) is 0 Å². The number of halogens is 4. The Balaban J connectivity index is 0.00000338. The Labute approximate surface area is 169 Å². The molecule has 0 radical (unpaired) electrons. The van der Waals surface area contributed by atoms with Crippen LogP contribution in [0.15, 0.2) is 23.3 Å². The lowest BCUT2D eigenvalue weighted by atomic mass is 9.93. The number of pyridine rings is 1. The number of rotatable bonds is 5. The predicted octanol–water partition coefficient (Wildman–Crippen LogP) is 3.84. The van der Waals surface area contributed by atoms with Crippen molar-refractivity contribution in [1.29, 1.82) is 0 Å². The maximum atomic E-state index is 12.1. The van der Waals surface area contributed by atoms with E-state index in [2.05, 4.69) is 38.8 Å². The highest BCUT2D eigenvalue weighted by atomic mass is 127. The van der Waals surface area contributed by atoms with E-state index in [1.807, 2.05) is 6.92 Å². The Kier molecular flexibility index (Phi) is 8.42. The van der Waals surface area contributed by atoms with E-state index in [1.54, 1.807) is 6.07 Å². The summed E-state index contributed by atoms with van der Waals surface area (Å²) in [5.41, 5.74) is 1.09. The minimum Gasteiger partial charge on any atom is -0.468 e. The van der Waals surface area contributed by atoms with E-state index in [0.29, 0.717) is 6.54 Å². The fourth-order valence-corrected chi connectivity index (χ4v) is 2.63. The third-order valence-corrected chi connectivity index (χ3v) is 3.90. The van der Waals surface area contributed by atoms with Crippen LogP contribution in [-0.4, -0.2) is 48.3 Å². The molecule has 0 bridgehead atoms. The van der Waals surface area contributed by atoms with E-state index in [9.17, 15) is 13.2 Å². The molecular weight excluding hydrogens is 460 g/mol. The molecule has 1 N–H and O–H groups in total. The number of aromatic nitrogens is 1. The van der Waals surface area contributed by atoms with Gasteiger partial charge in [0, 0.05) is 31.9 Å². The standard InChI is InChI=1S/C17H25F3N4O.HI/c1-4-21-15(24-8-7-16(2,3)11-24)23-10-13-5-6-14(22-9-13)25-12-17(18,19)20;/h5-6,9H,4,7-8,10-12H2,1-3H3,(H,21,23);1H. The molecule has 1 fully saturated rings. The van der Waals surface area contributed by atoms with Gasteiger partial charge in [0.15, 0.2) is 12.6 Å². The van der Waals surface area contributed by atoms with Gasteiger partial charge in [-0.25, -0.2) is 9.98 Å². The van der Waals surface area contributed by atoms with Crippen molar-refractivity contribution in [2.45, 2.75) is 39.9 Å². The zero-order valence-corrected chi connectivity index (χ0v) is 17.6. The Morgan fingerprint density at radius 2 is 2.12 bits per heavy atom. The van der Waals surface area contributed by atoms with Gasteiger partial charge in [-0.15, -0.1) is 24.0 Å². The molecule has 148 valence electrons. The van der Waals surface area contributed by atoms with Crippen LogP contribution in [-0.2, 0) is 6.54 Å². The normalized spacial score (nSPS) is 17.0. The number of hydrogen-bond acceptors (Lipinski definition) is 3. The molecule has 2 heterocycles. The van der Waals surface area contributed by atoms with E-state index < -0.39 is 12.8 Å². The van der Waals surface area contributed by atoms with Crippen LogP contribution in [0.2, 0.25) is 0 Å². The largest absolute Gasteiger partial charge is 0.468 e. The van der Waals surface area contributed by atoms with Crippen LogP contribution < -0.4 is 10.1 Å². The van der Waals surface area contributed by atoms with Crippen LogP contribution in [0.5, 0.6) is 5.88 Å². The highest BCUT2D eigenvalue weighted by Crippen LogP contribution is 2.28. The van der Waals surface area contributed by atoms with Gasteiger partial charge in [0.05, 0.1) is 6.54 Å². The Morgan fingerprint density at radius 3 is 2.62 bits per heavy atom. The summed E-state index contributed by atoms with van der Waals surface area (Å²) < 4.78 is 41.0. The number of likely N-dealkylation sites (tertiary alicyclic amines) is 1. The molecule has 0 aliphatic carbocycles. The van der Waals surface area contributed by atoms with Gasteiger partial charge in [-0.2, -0.15) is 13.2 Å². The van der Waals surface area contributed by atoms with Crippen LogP contribution >= 0.6 is 24.0 Å². The number of aliphatic imine (C=N–C) groups is 1. The van der Waals surface area contributed by atoms with Crippen LogP contribution in [0.25, 0.3) is 0 Å². The fourth-order valence-electron chi connectivity index (χ4n) is 2.63. The van der Waals surface area contributed by atoms with Crippen molar-refractivity contribution >= 4 is 29.9 Å². The lowest BCUT2D eigenvalue weighted by Crippen LogP contribution is -2.40. The molecule has 9 heteroatoms. The van der Waals surface area contributed by atoms with Crippen molar-refractivity contribution in [2.75, 3.05) is 26.2 Å². The van der Waals surface area contributed by atoms with Gasteiger partial charge in [0.2, 0.25) is 5.88 Å². The molecule has 0 amide bonds. The molecule has 0 aromatic carbocycles. The van der Waals surface area contributed by atoms with Crippen LogP contribution in [0.1, 0.15) is 32.8 Å². The quantitative estimate of drug-likeness (QED) is 0.391. The molecule has 5 nitrogen and oxygen atoms in total. The lowest BCUT2D eigenvalue weighted by molar-refractivity contribution is -0.154. The van der Waals surface area contributed by atoms with Crippen molar-refractivity contribution in [3.05, 3.63) is 23.9 Å². The van der Waals surface area contributed by atoms with E-state index in [1.165, 1.54) is 12.3 Å². The smallest absolute Gasteiger partial charge is 0.422 e. The molecule has 1 aromatic rings. The van der Waals surface area contributed by atoms with Crippen LogP contribution in [0, 0.1) is 5.41 Å². The van der Waals surface area contributed by atoms with E-state index in [0.717, 1.165) is 37.6 Å². The second-order valence-corrected chi connectivity index (χ2v) is 6.91. The van der Waals surface area contributed by atoms with Crippen molar-refractivity contribution < 1.29 is 17.9 Å². The molecule has 0 unspecified atom stereocenters. The fraction of sp³-hybridized carbons (Fsp3) is 0.647. The number of ether oxygens (including phenoxy) is 1. The van der Waals surface area contributed by atoms with Crippen molar-refractivity contribution in [3.8, 4) is 5.88 Å². The Morgan fingerprint density at radius 1 is 1.38 bits per heavy atom. The van der Waals surface area contributed by atoms with E-state index in [-0.39, 0.29) is 35.3 Å². The van der Waals surface area contributed by atoms with Gasteiger partial charge >= 0.3 is 6.18 Å². The number of guanidine groups is 1. The maximum absolute atomic E-state index is 12.1. The average molecular weight is 486 g/mol. The second kappa shape index (κ2) is 9.61. The molecule has 1 aliphatic heterocycles. The highest BCUT2D eigenvalue weighted by molar-refractivity contribution is 14.0. The van der Waals surface area contributed by atoms with E-state index in [4.69, 9.17) is 0 Å². The maximum Gasteiger partial charge on any atom is 0.422 e. The summed E-state index contributed by atoms with van der Waals surface area (Å²) in [6.45, 7) is 8.24. The molecule has 0 atom stereocenters. The first kappa shape index (κ1) is 22.8. The zero-order chi connectivity index (χ0) is 18.5. The Bertz CT molecular complexity index is 591. The summed E-state index contributed by atoms with van der Waals surface area (Å²) in [6.07, 6.45) is -1.76. The van der Waals surface area contributed by atoms with Crippen LogP contribution in [0.4, 0.5) is 13.2 Å². The number of hydrogen-bond donors (Lipinski definition) is 1. The van der Waals surface area contributed by atoms with Crippen molar-refractivity contribution in [3.63, 3.8) is 0 Å². The van der Waals surface area contributed by atoms with Gasteiger partial charge < -0.3 is 15.0 Å². The zero-order valence-electron chi connectivity index (χ0n) is 15.3. The van der Waals surface area contributed by atoms with Gasteiger partial charge in [-0.05, 0) is 24.3 Å². The van der Waals surface area contributed by atoms with Crippen molar-refractivity contribution in [2.24, 2.45) is 10.4 Å². The summed E-state index contributed by atoms with van der Waals surface area (Å²) in [5, 5.41) is 3.29. The van der Waals surface area contributed by atoms with Crippen molar-refractivity contribution in [1.82, 2.24) is 15.2 Å². The van der Waals surface area contributed by atoms with E-state index >= 15 is 0 Å². The van der Waals surface area contributed by atoms with Gasteiger partial charge in [-0.1, -0.05) is 19.9 Å². The molecule has 1 saturated heterocycles. The van der Waals surface area contributed by atoms with Gasteiger partial charge in [-0.3, -0.25) is 0 Å². The first-order valence-corrected chi connectivity index (χ1v) is 8.36. The third-order valence-electron chi connectivity index (χ3n) is 3.90. The summed E-state index contributed by atoms with van der Waals surface area (Å²) in [5.74, 6) is 0.809. The highest BCUT2D eigenvalue weighted by Gasteiger charge is 2.31. The molecule has 26 heavy (non-hydrogen) atoms. The molecule has 0 saturated carbocycles. The summed E-state index contributed by atoms with van der Waals surface area (Å²) in [4.78, 5) is 10.8. The number of nitrogens with one attached hydrogen (secondary N) is 1. The molecule has 1 aromatic heterocycles. The monoisotopic (exact) mass is 486 g/mol. The molecule has 0 spiro atoms. The van der Waals surface area contributed by atoms with Crippen LogP contribution in [0.3, 0.4) is 0 Å². The number of alkyl halides is 3. The third kappa shape index (κ3) is 7.55. The average Bonchev–Trinajstić information content (AvgIpc) is 2.89. The molecule has 1 aliphatic rings. The summed E-state index contributed by atoms with van der Waals surface area (Å²) in [6, 6.07) is 3.11. The first-order chi connectivity index (χ1) is 11.7.